The van der Waals surface area contributed by atoms with Gasteiger partial charge < -0.3 is 4.74 Å². The minimum Gasteiger partial charge on any atom is -0.494 e. The fraction of sp³-hybridized carbons (Fsp3) is 0.263. The van der Waals surface area contributed by atoms with Crippen LogP contribution >= 0.6 is 0 Å². The Morgan fingerprint density at radius 3 is 2.46 bits per heavy atom. The Balaban J connectivity index is 1.84. The fourth-order valence-corrected chi connectivity index (χ4v) is 1.89. The molecule has 0 aliphatic rings. The third kappa shape index (κ3) is 5.83. The minimum absolute atomic E-state index is 0.313. The van der Waals surface area contributed by atoms with E-state index in [1.165, 1.54) is 18.3 Å². The summed E-state index contributed by atoms with van der Waals surface area (Å²) in [6, 6.07) is 12.7. The van der Waals surface area contributed by atoms with Crippen molar-refractivity contribution in [2.45, 2.75) is 20.3 Å². The van der Waals surface area contributed by atoms with Gasteiger partial charge in [0.1, 0.15) is 11.6 Å². The molecule has 0 aliphatic heterocycles. The lowest BCUT2D eigenvalue weighted by molar-refractivity contribution is 0.0955. The third-order valence-electron chi connectivity index (χ3n) is 3.33. The predicted octanol–water partition coefficient (Wildman–Crippen LogP) is 4.01. The summed E-state index contributed by atoms with van der Waals surface area (Å²) in [7, 11) is 0. The quantitative estimate of drug-likeness (QED) is 0.616. The number of hydrogen-bond donors (Lipinski definition) is 1. The van der Waals surface area contributed by atoms with Crippen LogP contribution in [-0.4, -0.2) is 18.7 Å². The van der Waals surface area contributed by atoms with E-state index in [9.17, 15) is 9.18 Å². The predicted molar refractivity (Wildman–Crippen MR) is 92.9 cm³/mol. The summed E-state index contributed by atoms with van der Waals surface area (Å²) in [5.41, 5.74) is 3.62. The molecule has 1 amide bonds. The molecule has 4 nitrogen and oxygen atoms in total. The lowest BCUT2D eigenvalue weighted by Crippen LogP contribution is -2.17. The lowest BCUT2D eigenvalue weighted by Gasteiger charge is -2.08. The van der Waals surface area contributed by atoms with Crippen LogP contribution in [0, 0.1) is 11.7 Å². The summed E-state index contributed by atoms with van der Waals surface area (Å²) < 4.78 is 18.4. The van der Waals surface area contributed by atoms with E-state index in [1.54, 1.807) is 36.4 Å². The number of halogens is 1. The summed E-state index contributed by atoms with van der Waals surface area (Å²) in [4.78, 5) is 12.0. The first-order valence-electron chi connectivity index (χ1n) is 7.86. The van der Waals surface area contributed by atoms with Crippen LogP contribution in [0.1, 0.15) is 36.2 Å². The maximum atomic E-state index is 12.8. The smallest absolute Gasteiger partial charge is 0.271 e. The largest absolute Gasteiger partial charge is 0.494 e. The highest BCUT2D eigenvalue weighted by atomic mass is 19.1. The molecule has 1 N–H and O–H groups in total. The lowest BCUT2D eigenvalue weighted by atomic mass is 10.1. The van der Waals surface area contributed by atoms with Gasteiger partial charge in [-0.05, 0) is 54.3 Å². The zero-order valence-electron chi connectivity index (χ0n) is 13.8. The summed E-state index contributed by atoms with van der Waals surface area (Å²) in [5.74, 6) is 0.699. The maximum Gasteiger partial charge on any atom is 0.271 e. The molecule has 0 spiro atoms. The highest BCUT2D eigenvalue weighted by Gasteiger charge is 2.04. The van der Waals surface area contributed by atoms with Gasteiger partial charge in [-0.1, -0.05) is 26.0 Å². The molecule has 2 aromatic rings. The molecule has 0 radical (unpaired) electrons. The first-order chi connectivity index (χ1) is 11.5. The van der Waals surface area contributed by atoms with Gasteiger partial charge in [-0.2, -0.15) is 5.10 Å². The first kappa shape index (κ1) is 17.7. The normalized spacial score (nSPS) is 11.0. The van der Waals surface area contributed by atoms with Gasteiger partial charge in [-0.15, -0.1) is 0 Å². The number of nitrogens with one attached hydrogen (secondary N) is 1. The Morgan fingerprint density at radius 1 is 1.17 bits per heavy atom. The Kier molecular flexibility index (Phi) is 6.49. The molecule has 0 heterocycles. The molecule has 0 saturated carbocycles. The Bertz CT molecular complexity index is 680. The van der Waals surface area contributed by atoms with E-state index in [2.05, 4.69) is 24.4 Å². The Labute approximate surface area is 141 Å². The van der Waals surface area contributed by atoms with Crippen LogP contribution in [0.5, 0.6) is 5.75 Å². The number of nitrogens with zero attached hydrogens (tertiary/aromatic N) is 1. The van der Waals surface area contributed by atoms with Gasteiger partial charge in [0.15, 0.2) is 0 Å². The molecule has 2 aromatic carbocycles. The number of benzene rings is 2. The molecule has 0 aromatic heterocycles. The third-order valence-corrected chi connectivity index (χ3v) is 3.33. The minimum atomic E-state index is -0.318. The molecular weight excluding hydrogens is 307 g/mol. The van der Waals surface area contributed by atoms with Crippen molar-refractivity contribution in [2.24, 2.45) is 11.0 Å². The number of amides is 1. The molecular formula is C19H21FN2O2. The highest BCUT2D eigenvalue weighted by molar-refractivity contribution is 5.94. The van der Waals surface area contributed by atoms with Crippen LogP contribution in [-0.2, 0) is 0 Å². The second-order valence-electron chi connectivity index (χ2n) is 5.81. The van der Waals surface area contributed by atoms with Crippen LogP contribution in [0.25, 0.3) is 0 Å². The molecule has 0 bridgehead atoms. The van der Waals surface area contributed by atoms with Crippen LogP contribution < -0.4 is 10.2 Å². The van der Waals surface area contributed by atoms with E-state index in [0.29, 0.717) is 23.7 Å². The fourth-order valence-electron chi connectivity index (χ4n) is 1.89. The van der Waals surface area contributed by atoms with Crippen molar-refractivity contribution in [2.75, 3.05) is 6.61 Å². The maximum absolute atomic E-state index is 12.8. The van der Waals surface area contributed by atoms with Gasteiger partial charge in [0.25, 0.3) is 5.91 Å². The number of carbonyl (C=O) groups excluding carboxylic acids is 1. The average Bonchev–Trinajstić information content (AvgIpc) is 2.57. The van der Waals surface area contributed by atoms with Crippen LogP contribution in [0.2, 0.25) is 0 Å². The second-order valence-corrected chi connectivity index (χ2v) is 5.81. The zero-order chi connectivity index (χ0) is 17.4. The van der Waals surface area contributed by atoms with Crippen molar-refractivity contribution >= 4 is 12.1 Å². The highest BCUT2D eigenvalue weighted by Crippen LogP contribution is 2.13. The van der Waals surface area contributed by atoms with Crippen LogP contribution in [0.3, 0.4) is 0 Å². The average molecular weight is 328 g/mol. The van der Waals surface area contributed by atoms with E-state index >= 15 is 0 Å². The SMILES string of the molecule is CC(C)CCOc1ccc(C(=O)NN=Cc2ccc(F)cc2)cc1. The van der Waals surface area contributed by atoms with Crippen molar-refractivity contribution < 1.29 is 13.9 Å². The van der Waals surface area contributed by atoms with E-state index in [-0.39, 0.29) is 11.7 Å². The van der Waals surface area contributed by atoms with Gasteiger partial charge in [0.05, 0.1) is 12.8 Å². The molecule has 24 heavy (non-hydrogen) atoms. The molecule has 126 valence electrons. The van der Waals surface area contributed by atoms with Crippen molar-refractivity contribution in [1.29, 1.82) is 0 Å². The molecule has 0 saturated heterocycles. The number of carbonyl (C=O) groups is 1. The second kappa shape index (κ2) is 8.82. The van der Waals surface area contributed by atoms with E-state index < -0.39 is 0 Å². The Morgan fingerprint density at radius 2 is 1.83 bits per heavy atom. The molecule has 0 aliphatic carbocycles. The van der Waals surface area contributed by atoms with E-state index in [1.807, 2.05) is 0 Å². The molecule has 2 rings (SSSR count). The molecule has 0 unspecified atom stereocenters. The molecule has 0 fully saturated rings. The van der Waals surface area contributed by atoms with Crippen LogP contribution in [0.15, 0.2) is 53.6 Å². The van der Waals surface area contributed by atoms with Crippen LogP contribution in [0.4, 0.5) is 4.39 Å². The number of ether oxygens (including phenoxy) is 1. The number of hydrogen-bond acceptors (Lipinski definition) is 3. The summed E-state index contributed by atoms with van der Waals surface area (Å²) in [5, 5.41) is 3.86. The van der Waals surface area contributed by atoms with Gasteiger partial charge >= 0.3 is 0 Å². The molecule has 5 heteroatoms. The summed E-state index contributed by atoms with van der Waals surface area (Å²) in [6.07, 6.45) is 2.45. The van der Waals surface area contributed by atoms with E-state index in [4.69, 9.17) is 4.74 Å². The zero-order valence-corrected chi connectivity index (χ0v) is 13.8. The Hall–Kier alpha value is -2.69. The summed E-state index contributed by atoms with van der Waals surface area (Å²) in [6.45, 7) is 4.94. The van der Waals surface area contributed by atoms with Crippen molar-refractivity contribution in [1.82, 2.24) is 5.43 Å². The number of rotatable bonds is 7. The summed E-state index contributed by atoms with van der Waals surface area (Å²) >= 11 is 0. The van der Waals surface area contributed by atoms with Gasteiger partial charge in [0, 0.05) is 5.56 Å². The standard InChI is InChI=1S/C19H21FN2O2/c1-14(2)11-12-24-18-9-5-16(6-10-18)19(23)22-21-13-15-3-7-17(20)8-4-15/h3-10,13-14H,11-12H2,1-2H3,(H,22,23). The van der Waals surface area contributed by atoms with Crippen molar-refractivity contribution in [3.05, 3.63) is 65.5 Å². The van der Waals surface area contributed by atoms with Crippen molar-refractivity contribution in [3.8, 4) is 5.75 Å². The monoisotopic (exact) mass is 328 g/mol. The molecule has 0 atom stereocenters. The van der Waals surface area contributed by atoms with Gasteiger partial charge in [-0.3, -0.25) is 4.79 Å². The first-order valence-corrected chi connectivity index (χ1v) is 7.86. The van der Waals surface area contributed by atoms with E-state index in [0.717, 1.165) is 12.2 Å². The van der Waals surface area contributed by atoms with Gasteiger partial charge in [-0.25, -0.2) is 9.82 Å². The van der Waals surface area contributed by atoms with Crippen molar-refractivity contribution in [3.63, 3.8) is 0 Å². The number of hydrazone groups is 1. The topological polar surface area (TPSA) is 50.7 Å². The van der Waals surface area contributed by atoms with Gasteiger partial charge in [0.2, 0.25) is 0 Å².